The molecule has 88 valence electrons. The number of nitrogens with one attached hydrogen (secondary N) is 1. The van der Waals surface area contributed by atoms with Crippen LogP contribution in [-0.2, 0) is 14.3 Å². The van der Waals surface area contributed by atoms with Gasteiger partial charge in [0, 0.05) is 6.61 Å². The van der Waals surface area contributed by atoms with Gasteiger partial charge < -0.3 is 9.47 Å². The molecule has 0 aromatic carbocycles. The molecule has 1 rings (SSSR count). The summed E-state index contributed by atoms with van der Waals surface area (Å²) in [7, 11) is 0. The van der Waals surface area contributed by atoms with E-state index in [1.165, 1.54) is 0 Å². The summed E-state index contributed by atoms with van der Waals surface area (Å²) in [6, 6.07) is 0. The van der Waals surface area contributed by atoms with Crippen molar-refractivity contribution in [2.45, 2.75) is 44.8 Å². The lowest BCUT2D eigenvalue weighted by Crippen LogP contribution is -2.41. The molecule has 1 amide bonds. The zero-order chi connectivity index (χ0) is 11.1. The summed E-state index contributed by atoms with van der Waals surface area (Å²) in [6.45, 7) is 3.29. The highest BCUT2D eigenvalue weighted by molar-refractivity contribution is 5.80. The topological polar surface area (TPSA) is 73.6 Å². The number of hydrazine groups is 1. The molecule has 0 aromatic heterocycles. The van der Waals surface area contributed by atoms with Gasteiger partial charge in [-0.3, -0.25) is 10.2 Å². The molecular weight excluding hydrogens is 196 g/mol. The minimum Gasteiger partial charge on any atom is -0.376 e. The third-order valence-corrected chi connectivity index (χ3v) is 2.49. The smallest absolute Gasteiger partial charge is 0.262 e. The van der Waals surface area contributed by atoms with Crippen LogP contribution in [0.15, 0.2) is 0 Å². The number of hydrogen-bond acceptors (Lipinski definition) is 4. The number of nitrogens with two attached hydrogens (primary N) is 1. The van der Waals surface area contributed by atoms with Crippen LogP contribution in [0, 0.1) is 0 Å². The maximum atomic E-state index is 11.3. The average molecular weight is 216 g/mol. The van der Waals surface area contributed by atoms with Crippen molar-refractivity contribution in [3.05, 3.63) is 0 Å². The molecule has 1 heterocycles. The zero-order valence-electron chi connectivity index (χ0n) is 9.20. The Balaban J connectivity index is 2.26. The standard InChI is InChI=1S/C10H20N2O3/c1-2-4-9(10(13)12-11)15-7-8-5-3-6-14-8/h8-9H,2-7,11H2,1H3,(H,12,13). The second kappa shape index (κ2) is 6.76. The van der Waals surface area contributed by atoms with Gasteiger partial charge in [-0.2, -0.15) is 0 Å². The number of ether oxygens (including phenoxy) is 2. The molecule has 0 spiro atoms. The second-order valence-electron chi connectivity index (χ2n) is 3.75. The molecule has 1 aliphatic heterocycles. The van der Waals surface area contributed by atoms with Crippen molar-refractivity contribution in [3.8, 4) is 0 Å². The van der Waals surface area contributed by atoms with Gasteiger partial charge in [0.15, 0.2) is 0 Å². The van der Waals surface area contributed by atoms with Crippen LogP contribution in [0.4, 0.5) is 0 Å². The zero-order valence-corrected chi connectivity index (χ0v) is 9.20. The first-order valence-corrected chi connectivity index (χ1v) is 5.51. The van der Waals surface area contributed by atoms with Crippen molar-refractivity contribution in [2.24, 2.45) is 5.84 Å². The van der Waals surface area contributed by atoms with Gasteiger partial charge in [0.1, 0.15) is 6.10 Å². The number of hydrogen-bond donors (Lipinski definition) is 2. The van der Waals surface area contributed by atoms with Crippen molar-refractivity contribution in [1.29, 1.82) is 0 Å². The average Bonchev–Trinajstić information content (AvgIpc) is 2.76. The Morgan fingerprint density at radius 2 is 2.53 bits per heavy atom. The van der Waals surface area contributed by atoms with E-state index in [1.54, 1.807) is 0 Å². The van der Waals surface area contributed by atoms with Crippen LogP contribution in [0.5, 0.6) is 0 Å². The SMILES string of the molecule is CCCC(OCC1CCCO1)C(=O)NN. The van der Waals surface area contributed by atoms with Crippen LogP contribution in [0.1, 0.15) is 32.6 Å². The highest BCUT2D eigenvalue weighted by atomic mass is 16.5. The van der Waals surface area contributed by atoms with Gasteiger partial charge in [0.05, 0.1) is 12.7 Å². The van der Waals surface area contributed by atoms with Crippen LogP contribution in [0.25, 0.3) is 0 Å². The van der Waals surface area contributed by atoms with Crippen molar-refractivity contribution < 1.29 is 14.3 Å². The quantitative estimate of drug-likeness (QED) is 0.381. The van der Waals surface area contributed by atoms with E-state index >= 15 is 0 Å². The molecule has 0 bridgehead atoms. The van der Waals surface area contributed by atoms with E-state index in [-0.39, 0.29) is 12.0 Å². The molecule has 2 unspecified atom stereocenters. The number of amides is 1. The summed E-state index contributed by atoms with van der Waals surface area (Å²) in [6.07, 6.45) is 3.39. The Hall–Kier alpha value is -0.650. The van der Waals surface area contributed by atoms with Crippen LogP contribution in [-0.4, -0.2) is 31.3 Å². The van der Waals surface area contributed by atoms with Gasteiger partial charge in [-0.25, -0.2) is 5.84 Å². The first-order chi connectivity index (χ1) is 7.27. The van der Waals surface area contributed by atoms with E-state index in [4.69, 9.17) is 15.3 Å². The first kappa shape index (κ1) is 12.4. The lowest BCUT2D eigenvalue weighted by atomic mass is 10.2. The lowest BCUT2D eigenvalue weighted by Gasteiger charge is -2.17. The predicted molar refractivity (Wildman–Crippen MR) is 56.0 cm³/mol. The molecule has 15 heavy (non-hydrogen) atoms. The second-order valence-corrected chi connectivity index (χ2v) is 3.75. The maximum absolute atomic E-state index is 11.3. The summed E-state index contributed by atoms with van der Waals surface area (Å²) < 4.78 is 10.9. The normalized spacial score (nSPS) is 22.7. The minimum atomic E-state index is -0.441. The van der Waals surface area contributed by atoms with Gasteiger partial charge in [-0.15, -0.1) is 0 Å². The Bertz CT molecular complexity index is 193. The molecule has 1 aliphatic rings. The highest BCUT2D eigenvalue weighted by Gasteiger charge is 2.21. The highest BCUT2D eigenvalue weighted by Crippen LogP contribution is 2.13. The van der Waals surface area contributed by atoms with Crippen LogP contribution < -0.4 is 11.3 Å². The summed E-state index contributed by atoms with van der Waals surface area (Å²) in [5, 5.41) is 0. The van der Waals surface area contributed by atoms with Gasteiger partial charge in [-0.05, 0) is 19.3 Å². The van der Waals surface area contributed by atoms with E-state index in [0.29, 0.717) is 13.0 Å². The van der Waals surface area contributed by atoms with Crippen LogP contribution >= 0.6 is 0 Å². The van der Waals surface area contributed by atoms with Crippen molar-refractivity contribution in [3.63, 3.8) is 0 Å². The van der Waals surface area contributed by atoms with E-state index in [1.807, 2.05) is 6.92 Å². The largest absolute Gasteiger partial charge is 0.376 e. The van der Waals surface area contributed by atoms with Gasteiger partial charge in [-0.1, -0.05) is 13.3 Å². The predicted octanol–water partition coefficient (Wildman–Crippen LogP) is 0.341. The minimum absolute atomic E-state index is 0.148. The molecule has 1 saturated heterocycles. The number of carbonyl (C=O) groups excluding carboxylic acids is 1. The Morgan fingerprint density at radius 3 is 3.07 bits per heavy atom. The van der Waals surface area contributed by atoms with E-state index in [0.717, 1.165) is 25.9 Å². The maximum Gasteiger partial charge on any atom is 0.262 e. The van der Waals surface area contributed by atoms with E-state index < -0.39 is 6.10 Å². The van der Waals surface area contributed by atoms with Gasteiger partial charge >= 0.3 is 0 Å². The van der Waals surface area contributed by atoms with Crippen molar-refractivity contribution in [1.82, 2.24) is 5.43 Å². The van der Waals surface area contributed by atoms with Gasteiger partial charge in [0.2, 0.25) is 0 Å². The fourth-order valence-corrected chi connectivity index (χ4v) is 1.64. The third kappa shape index (κ3) is 4.15. The molecule has 3 N–H and O–H groups in total. The van der Waals surface area contributed by atoms with Gasteiger partial charge in [0.25, 0.3) is 5.91 Å². The molecule has 0 aromatic rings. The number of carbonyl (C=O) groups is 1. The van der Waals surface area contributed by atoms with Crippen molar-refractivity contribution >= 4 is 5.91 Å². The summed E-state index contributed by atoms with van der Waals surface area (Å²) in [5.74, 6) is 4.82. The Labute approximate surface area is 90.3 Å². The summed E-state index contributed by atoms with van der Waals surface area (Å²) in [5.41, 5.74) is 2.12. The molecular formula is C10H20N2O3. The molecule has 2 atom stereocenters. The molecule has 1 fully saturated rings. The van der Waals surface area contributed by atoms with Crippen LogP contribution in [0.3, 0.4) is 0 Å². The van der Waals surface area contributed by atoms with Crippen LogP contribution in [0.2, 0.25) is 0 Å². The molecule has 5 heteroatoms. The molecule has 5 nitrogen and oxygen atoms in total. The fraction of sp³-hybridized carbons (Fsp3) is 0.900. The fourth-order valence-electron chi connectivity index (χ4n) is 1.64. The Kier molecular flexibility index (Phi) is 5.60. The summed E-state index contributed by atoms with van der Waals surface area (Å²) >= 11 is 0. The molecule has 0 saturated carbocycles. The van der Waals surface area contributed by atoms with E-state index in [9.17, 15) is 4.79 Å². The van der Waals surface area contributed by atoms with E-state index in [2.05, 4.69) is 5.43 Å². The molecule has 0 radical (unpaired) electrons. The summed E-state index contributed by atoms with van der Waals surface area (Å²) in [4.78, 5) is 11.3. The molecule has 0 aliphatic carbocycles. The van der Waals surface area contributed by atoms with Crippen molar-refractivity contribution in [2.75, 3.05) is 13.2 Å². The number of rotatable bonds is 6. The third-order valence-electron chi connectivity index (χ3n) is 2.49. The lowest BCUT2D eigenvalue weighted by molar-refractivity contribution is -0.135. The Morgan fingerprint density at radius 1 is 1.73 bits per heavy atom. The first-order valence-electron chi connectivity index (χ1n) is 5.51. The monoisotopic (exact) mass is 216 g/mol.